The van der Waals surface area contributed by atoms with Crippen molar-refractivity contribution in [2.45, 2.75) is 58.3 Å². The van der Waals surface area contributed by atoms with Crippen molar-refractivity contribution in [3.05, 3.63) is 64.2 Å². The van der Waals surface area contributed by atoms with E-state index in [2.05, 4.69) is 10.1 Å². The summed E-state index contributed by atoms with van der Waals surface area (Å²) in [6.45, 7) is 3.94. The van der Waals surface area contributed by atoms with Gasteiger partial charge in [-0.3, -0.25) is 14.6 Å². The molecular formula is C25H28N2O4. The van der Waals surface area contributed by atoms with Crippen LogP contribution in [0.1, 0.15) is 72.8 Å². The fourth-order valence-corrected chi connectivity index (χ4v) is 4.77. The molecule has 0 aliphatic heterocycles. The topological polar surface area (TPSA) is 92.8 Å². The Balaban J connectivity index is 1.51. The quantitative estimate of drug-likeness (QED) is 0.702. The van der Waals surface area contributed by atoms with Gasteiger partial charge in [0.25, 0.3) is 0 Å². The molecule has 0 radical (unpaired) electrons. The van der Waals surface area contributed by atoms with Gasteiger partial charge >= 0.3 is 0 Å². The number of carbonyl (C=O) groups is 2. The Labute approximate surface area is 182 Å². The second-order valence-corrected chi connectivity index (χ2v) is 9.30. The predicted octanol–water partition coefficient (Wildman–Crippen LogP) is 4.79. The van der Waals surface area contributed by atoms with Gasteiger partial charge in [0.05, 0.1) is 16.8 Å². The number of Topliss-reactive ketones (excluding diaryl/α,β-unsaturated/α-hetero) is 2. The van der Waals surface area contributed by atoms with Gasteiger partial charge in [0.15, 0.2) is 11.6 Å². The molecule has 2 aliphatic carbocycles. The summed E-state index contributed by atoms with van der Waals surface area (Å²) in [5.41, 5.74) is 2.94. The van der Waals surface area contributed by atoms with Crippen molar-refractivity contribution in [2.24, 2.45) is 10.4 Å². The average molecular weight is 421 g/mol. The molecule has 4 rings (SSSR count). The summed E-state index contributed by atoms with van der Waals surface area (Å²) in [5.74, 6) is 0.788. The van der Waals surface area contributed by atoms with Gasteiger partial charge in [0.1, 0.15) is 11.5 Å². The second-order valence-electron chi connectivity index (χ2n) is 9.30. The predicted molar refractivity (Wildman–Crippen MR) is 118 cm³/mol. The van der Waals surface area contributed by atoms with E-state index in [9.17, 15) is 14.7 Å². The van der Waals surface area contributed by atoms with Gasteiger partial charge in [-0.1, -0.05) is 49.3 Å². The van der Waals surface area contributed by atoms with E-state index in [1.54, 1.807) is 7.05 Å². The minimum Gasteiger partial charge on any atom is -0.511 e. The number of hydrogen-bond acceptors (Lipinski definition) is 6. The van der Waals surface area contributed by atoms with E-state index in [1.807, 2.05) is 44.2 Å². The monoisotopic (exact) mass is 420 g/mol. The van der Waals surface area contributed by atoms with Crippen molar-refractivity contribution in [3.8, 4) is 0 Å². The van der Waals surface area contributed by atoms with E-state index in [4.69, 9.17) is 4.52 Å². The third kappa shape index (κ3) is 4.24. The number of fused-ring (bicyclic) bond motifs is 1. The van der Waals surface area contributed by atoms with Crippen molar-refractivity contribution in [1.82, 2.24) is 5.16 Å². The average Bonchev–Trinajstić information content (AvgIpc) is 3.13. The summed E-state index contributed by atoms with van der Waals surface area (Å²) in [7, 11) is 1.62. The molecular weight excluding hydrogens is 392 g/mol. The minimum absolute atomic E-state index is 0.0406. The standard InChI is InChI=1S/C25H28N2O4/c1-25(2)13-20(29)23(21(30)14-25)17(26-3)9-10-18-24-19(28)11-16(12-22(24)31-27-18)15-7-5-4-6-8-15/h4-8,16,29H,9-14H2,1-3H3. The van der Waals surface area contributed by atoms with Crippen molar-refractivity contribution in [1.29, 1.82) is 0 Å². The first-order chi connectivity index (χ1) is 14.8. The van der Waals surface area contributed by atoms with Crippen LogP contribution in [0.3, 0.4) is 0 Å². The van der Waals surface area contributed by atoms with E-state index in [1.165, 1.54) is 0 Å². The normalized spacial score (nSPS) is 21.4. The number of aryl methyl sites for hydroxylation is 1. The van der Waals surface area contributed by atoms with Gasteiger partial charge in [-0.2, -0.15) is 0 Å². The van der Waals surface area contributed by atoms with Gasteiger partial charge in [-0.25, -0.2) is 0 Å². The molecule has 2 aromatic rings. The third-order valence-electron chi connectivity index (χ3n) is 6.26. The first-order valence-electron chi connectivity index (χ1n) is 10.8. The molecule has 0 spiro atoms. The number of aliphatic imine (C=N–C) groups is 1. The summed E-state index contributed by atoms with van der Waals surface area (Å²) >= 11 is 0. The molecule has 0 saturated carbocycles. The number of aromatic nitrogens is 1. The van der Waals surface area contributed by atoms with E-state index in [-0.39, 0.29) is 28.7 Å². The SMILES string of the molecule is CN=C(CCc1noc2c1C(=O)CC(c1ccccc1)C2)C1=C(O)CC(C)(C)CC1=O. The van der Waals surface area contributed by atoms with Crippen LogP contribution < -0.4 is 0 Å². The molecule has 6 nitrogen and oxygen atoms in total. The maximum absolute atomic E-state index is 12.9. The van der Waals surface area contributed by atoms with Crippen LogP contribution in [0.2, 0.25) is 0 Å². The number of carbonyl (C=O) groups excluding carboxylic acids is 2. The lowest BCUT2D eigenvalue weighted by atomic mass is 9.75. The first kappa shape index (κ1) is 21.2. The second kappa shape index (κ2) is 8.25. The molecule has 1 atom stereocenters. The minimum atomic E-state index is -0.254. The van der Waals surface area contributed by atoms with E-state index >= 15 is 0 Å². The zero-order valence-corrected chi connectivity index (χ0v) is 18.3. The summed E-state index contributed by atoms with van der Waals surface area (Å²) in [6, 6.07) is 9.99. The zero-order valence-electron chi connectivity index (χ0n) is 18.3. The summed E-state index contributed by atoms with van der Waals surface area (Å²) < 4.78 is 5.55. The number of ketones is 2. The Morgan fingerprint density at radius 1 is 1.16 bits per heavy atom. The third-order valence-corrected chi connectivity index (χ3v) is 6.26. The number of hydrogen-bond donors (Lipinski definition) is 1. The fourth-order valence-electron chi connectivity index (χ4n) is 4.77. The Morgan fingerprint density at radius 3 is 2.58 bits per heavy atom. The van der Waals surface area contributed by atoms with Crippen LogP contribution in [0.15, 0.2) is 51.2 Å². The van der Waals surface area contributed by atoms with Gasteiger partial charge in [0.2, 0.25) is 0 Å². The Bertz CT molecular complexity index is 1080. The van der Waals surface area contributed by atoms with Gasteiger partial charge in [0, 0.05) is 38.4 Å². The highest BCUT2D eigenvalue weighted by atomic mass is 16.5. The smallest absolute Gasteiger partial charge is 0.168 e. The molecule has 2 aliphatic rings. The van der Waals surface area contributed by atoms with E-state index in [0.29, 0.717) is 66.8 Å². The van der Waals surface area contributed by atoms with Crippen LogP contribution >= 0.6 is 0 Å². The number of allylic oxidation sites excluding steroid dienone is 2. The molecule has 1 N–H and O–H groups in total. The van der Waals surface area contributed by atoms with Gasteiger partial charge in [-0.05, 0) is 29.7 Å². The zero-order chi connectivity index (χ0) is 22.2. The highest BCUT2D eigenvalue weighted by Crippen LogP contribution is 2.37. The van der Waals surface area contributed by atoms with Crippen molar-refractivity contribution >= 4 is 17.3 Å². The summed E-state index contributed by atoms with van der Waals surface area (Å²) in [4.78, 5) is 29.8. The van der Waals surface area contributed by atoms with E-state index < -0.39 is 0 Å². The molecule has 1 aromatic heterocycles. The van der Waals surface area contributed by atoms with Crippen LogP contribution in [0.4, 0.5) is 0 Å². The lowest BCUT2D eigenvalue weighted by Crippen LogP contribution is -2.29. The molecule has 0 amide bonds. The summed E-state index contributed by atoms with van der Waals surface area (Å²) in [5, 5.41) is 14.7. The van der Waals surface area contributed by atoms with E-state index in [0.717, 1.165) is 5.56 Å². The highest BCUT2D eigenvalue weighted by molar-refractivity contribution is 6.23. The molecule has 0 fully saturated rings. The maximum Gasteiger partial charge on any atom is 0.168 e. The van der Waals surface area contributed by atoms with Crippen molar-refractivity contribution in [3.63, 3.8) is 0 Å². The molecule has 31 heavy (non-hydrogen) atoms. The molecule has 1 heterocycles. The molecule has 1 unspecified atom stereocenters. The Hall–Kier alpha value is -3.02. The van der Waals surface area contributed by atoms with Crippen molar-refractivity contribution in [2.75, 3.05) is 7.05 Å². The lowest BCUT2D eigenvalue weighted by molar-refractivity contribution is -0.118. The molecule has 162 valence electrons. The summed E-state index contributed by atoms with van der Waals surface area (Å²) in [6.07, 6.45) is 2.75. The number of nitrogens with zero attached hydrogens (tertiary/aromatic N) is 2. The van der Waals surface area contributed by atoms with Crippen LogP contribution in [0.5, 0.6) is 0 Å². The molecule has 0 bridgehead atoms. The Morgan fingerprint density at radius 2 is 1.90 bits per heavy atom. The first-order valence-corrected chi connectivity index (χ1v) is 10.8. The number of benzene rings is 1. The number of aliphatic hydroxyl groups is 1. The van der Waals surface area contributed by atoms with Crippen LogP contribution in [0, 0.1) is 5.41 Å². The van der Waals surface area contributed by atoms with Crippen molar-refractivity contribution < 1.29 is 19.2 Å². The number of rotatable bonds is 5. The maximum atomic E-state index is 12.9. The molecule has 6 heteroatoms. The fraction of sp³-hybridized carbons (Fsp3) is 0.440. The molecule has 0 saturated heterocycles. The van der Waals surface area contributed by atoms with Crippen LogP contribution in [-0.2, 0) is 17.6 Å². The highest BCUT2D eigenvalue weighted by Gasteiger charge is 2.36. The van der Waals surface area contributed by atoms with Crippen LogP contribution in [-0.4, -0.2) is 34.6 Å². The molecule has 1 aromatic carbocycles. The number of aliphatic hydroxyl groups excluding tert-OH is 1. The van der Waals surface area contributed by atoms with Gasteiger partial charge < -0.3 is 9.63 Å². The van der Waals surface area contributed by atoms with Crippen LogP contribution in [0.25, 0.3) is 0 Å². The largest absolute Gasteiger partial charge is 0.511 e. The Kier molecular flexibility index (Phi) is 5.65. The lowest BCUT2D eigenvalue weighted by Gasteiger charge is -2.30. The van der Waals surface area contributed by atoms with Gasteiger partial charge in [-0.15, -0.1) is 0 Å².